The van der Waals surface area contributed by atoms with Crippen LogP contribution in [0.15, 0.2) is 60.8 Å². The van der Waals surface area contributed by atoms with Gasteiger partial charge in [-0.1, -0.05) is 48.6 Å². The smallest absolute Gasteiger partial charge is 0.330 e. The summed E-state index contributed by atoms with van der Waals surface area (Å²) in [5.74, 6) is -5.45. The molecule has 0 amide bonds. The molecule has 4 rings (SSSR count). The van der Waals surface area contributed by atoms with Crippen molar-refractivity contribution in [2.75, 3.05) is 6.61 Å². The lowest BCUT2D eigenvalue weighted by Gasteiger charge is -2.45. The van der Waals surface area contributed by atoms with Crippen LogP contribution in [0.25, 0.3) is 0 Å². The molecule has 52 heavy (non-hydrogen) atoms. The number of carboxylic acids is 1. The molecule has 3 saturated heterocycles. The molecule has 0 spiro atoms. The van der Waals surface area contributed by atoms with Gasteiger partial charge in [-0.2, -0.15) is 0 Å². The van der Waals surface area contributed by atoms with Crippen molar-refractivity contribution < 1.29 is 73.4 Å². The minimum Gasteiger partial charge on any atom is -0.481 e. The normalized spacial score (nSPS) is 43.3. The number of hydrogen-bond acceptors (Lipinski definition) is 15. The van der Waals surface area contributed by atoms with Crippen molar-refractivity contribution >= 4 is 18.4 Å². The SMILES string of the molecule is CCOC=O.C[C@@H]1C/C=C/C=C/C=C/C=C/[C@H](O[C@@H]2O[C@H](C)[C@@H](O)[C@H](N)[C@@H]2O)C[C@@H]2O[C@](O)(C[C@@H](O)C[C@H]3O[C@@H]3/C=C/C(=O)O1)C[C@H](O)[C@H]2C(=O)O. The fourth-order valence-electron chi connectivity index (χ4n) is 6.07. The molecule has 4 aliphatic heterocycles. The minimum atomic E-state index is -2.10. The number of allylic oxidation sites excluding steroid dienone is 6. The number of carboxylic acid groups (broad SMARTS) is 1. The van der Waals surface area contributed by atoms with Crippen LogP contribution in [0.1, 0.15) is 52.9 Å². The second-order valence-electron chi connectivity index (χ2n) is 13.1. The van der Waals surface area contributed by atoms with Crippen molar-refractivity contribution in [2.24, 2.45) is 11.7 Å². The van der Waals surface area contributed by atoms with Crippen molar-refractivity contribution in [3.63, 3.8) is 0 Å². The number of aliphatic carboxylic acids is 1. The number of esters is 1. The molecule has 14 atom stereocenters. The third-order valence-electron chi connectivity index (χ3n) is 8.81. The number of cyclic esters (lactones) is 1. The van der Waals surface area contributed by atoms with Gasteiger partial charge in [0.15, 0.2) is 12.1 Å². The van der Waals surface area contributed by atoms with Crippen LogP contribution < -0.4 is 5.73 Å². The highest BCUT2D eigenvalue weighted by Gasteiger charge is 2.51. The lowest BCUT2D eigenvalue weighted by Crippen LogP contribution is -2.61. The molecule has 3 fully saturated rings. The van der Waals surface area contributed by atoms with E-state index >= 15 is 0 Å². The summed E-state index contributed by atoms with van der Waals surface area (Å²) >= 11 is 0. The Hall–Kier alpha value is -3.29. The first kappa shape index (κ1) is 43.1. The van der Waals surface area contributed by atoms with Crippen LogP contribution in [0.5, 0.6) is 0 Å². The Morgan fingerprint density at radius 1 is 0.981 bits per heavy atom. The van der Waals surface area contributed by atoms with Gasteiger partial charge >= 0.3 is 11.9 Å². The molecule has 292 valence electrons. The Kier molecular flexibility index (Phi) is 17.3. The molecule has 0 unspecified atom stereocenters. The summed E-state index contributed by atoms with van der Waals surface area (Å²) in [5, 5.41) is 63.9. The van der Waals surface area contributed by atoms with Gasteiger partial charge in [-0.3, -0.25) is 9.59 Å². The molecule has 2 bridgehead atoms. The Labute approximate surface area is 302 Å². The number of epoxide rings is 1. The summed E-state index contributed by atoms with van der Waals surface area (Å²) in [5.41, 5.74) is 5.98. The molecule has 0 radical (unpaired) electrons. The topological polar surface area (TPSA) is 257 Å². The molecule has 0 saturated carbocycles. The molecule has 0 aliphatic carbocycles. The van der Waals surface area contributed by atoms with Crippen LogP contribution in [-0.4, -0.2) is 135 Å². The molecule has 0 aromatic rings. The molecular weight excluding hydrogens is 686 g/mol. The lowest BCUT2D eigenvalue weighted by atomic mass is 9.83. The van der Waals surface area contributed by atoms with Crippen molar-refractivity contribution in [3.8, 4) is 0 Å². The predicted molar refractivity (Wildman–Crippen MR) is 183 cm³/mol. The molecular formula is C36H53NO15. The first-order valence-electron chi connectivity index (χ1n) is 17.4. The number of rotatable bonds is 5. The standard InChI is InChI=1S/C33H47NO13.C3H6O2/c1-18-10-8-6-4-3-5-7-9-11-21(45-32-30(39)28(34)29(38)19(2)44-32)15-25-27(31(40)41)22(36)17-33(42,47-25)16-20(35)14-24-23(46-24)12-13-26(37)43-18;1-2-5-3-4/h3-9,11-13,18-25,27-30,32,35-36,38-39,42H,10,14-17,34H2,1-2H3,(H,40,41);3H,2H2,1H3/b4-3+,7-5+,8-6+,11-9+,13-12+;/t18-,19-,20+,21+,22+,23-,24-,25+,27-,28+,29-,30+,32+,33-;/m1./s1. The van der Waals surface area contributed by atoms with Crippen molar-refractivity contribution in [3.05, 3.63) is 60.8 Å². The van der Waals surface area contributed by atoms with Crippen LogP contribution in [0.3, 0.4) is 0 Å². The first-order chi connectivity index (χ1) is 24.7. The second kappa shape index (κ2) is 20.8. The Bertz CT molecular complexity index is 1300. The zero-order valence-corrected chi connectivity index (χ0v) is 29.5. The molecule has 4 heterocycles. The molecule has 0 aromatic heterocycles. The van der Waals surface area contributed by atoms with Crippen LogP contribution in [-0.2, 0) is 42.8 Å². The molecule has 16 nitrogen and oxygen atoms in total. The first-order valence-corrected chi connectivity index (χ1v) is 17.4. The molecule has 8 N–H and O–H groups in total. The summed E-state index contributed by atoms with van der Waals surface area (Å²) in [6.45, 7) is 6.00. The van der Waals surface area contributed by atoms with Crippen molar-refractivity contribution in [1.82, 2.24) is 0 Å². The van der Waals surface area contributed by atoms with Gasteiger partial charge in [-0.25, -0.2) is 4.79 Å². The van der Waals surface area contributed by atoms with Crippen LogP contribution >= 0.6 is 0 Å². The number of aliphatic hydroxyl groups is 5. The lowest BCUT2D eigenvalue weighted by molar-refractivity contribution is -0.308. The van der Waals surface area contributed by atoms with Crippen LogP contribution in [0.2, 0.25) is 0 Å². The summed E-state index contributed by atoms with van der Waals surface area (Å²) < 4.78 is 32.7. The van der Waals surface area contributed by atoms with E-state index in [-0.39, 0.29) is 25.4 Å². The van der Waals surface area contributed by atoms with Gasteiger partial charge < -0.3 is 64.8 Å². The maximum Gasteiger partial charge on any atom is 0.330 e. The van der Waals surface area contributed by atoms with Crippen molar-refractivity contribution in [1.29, 1.82) is 0 Å². The number of fused-ring (bicyclic) bond motifs is 3. The Morgan fingerprint density at radius 3 is 2.33 bits per heavy atom. The van der Waals surface area contributed by atoms with Gasteiger partial charge in [0, 0.05) is 38.2 Å². The third-order valence-corrected chi connectivity index (χ3v) is 8.81. The van der Waals surface area contributed by atoms with E-state index in [9.17, 15) is 45.0 Å². The predicted octanol–water partition coefficient (Wildman–Crippen LogP) is 0.299. The average Bonchev–Trinajstić information content (AvgIpc) is 3.80. The summed E-state index contributed by atoms with van der Waals surface area (Å²) in [7, 11) is 0. The monoisotopic (exact) mass is 739 g/mol. The van der Waals surface area contributed by atoms with Crippen LogP contribution in [0, 0.1) is 5.92 Å². The number of aliphatic hydroxyl groups excluding tert-OH is 4. The van der Waals surface area contributed by atoms with Crippen LogP contribution in [0.4, 0.5) is 0 Å². The largest absolute Gasteiger partial charge is 0.481 e. The molecule has 0 aromatic carbocycles. The fraction of sp³-hybridized carbons (Fsp3) is 0.639. The number of hydrogen-bond donors (Lipinski definition) is 7. The number of carbonyl (C=O) groups is 3. The number of carbonyl (C=O) groups excluding carboxylic acids is 2. The van der Waals surface area contributed by atoms with Crippen molar-refractivity contribution in [2.45, 2.75) is 132 Å². The van der Waals surface area contributed by atoms with Gasteiger partial charge in [0.2, 0.25) is 0 Å². The maximum absolute atomic E-state index is 12.3. The average molecular weight is 740 g/mol. The highest BCUT2D eigenvalue weighted by Crippen LogP contribution is 2.39. The maximum atomic E-state index is 12.3. The van der Waals surface area contributed by atoms with E-state index in [1.807, 2.05) is 6.08 Å². The number of ether oxygens (including phenoxy) is 6. The zero-order valence-electron chi connectivity index (χ0n) is 29.5. The third kappa shape index (κ3) is 13.6. The van der Waals surface area contributed by atoms with E-state index in [0.717, 1.165) is 0 Å². The summed E-state index contributed by atoms with van der Waals surface area (Å²) in [4.78, 5) is 33.6. The van der Waals surface area contributed by atoms with Gasteiger partial charge in [0.25, 0.3) is 6.47 Å². The zero-order chi connectivity index (χ0) is 38.4. The van der Waals surface area contributed by atoms with E-state index in [1.54, 1.807) is 63.3 Å². The summed E-state index contributed by atoms with van der Waals surface area (Å²) in [6, 6.07) is -1.08. The van der Waals surface area contributed by atoms with E-state index in [2.05, 4.69) is 4.74 Å². The van der Waals surface area contributed by atoms with Gasteiger partial charge in [0.05, 0.1) is 55.4 Å². The Balaban J connectivity index is 0.00000136. The Morgan fingerprint density at radius 2 is 1.67 bits per heavy atom. The van der Waals surface area contributed by atoms with Gasteiger partial charge in [0.1, 0.15) is 24.2 Å². The highest BCUT2D eigenvalue weighted by atomic mass is 16.7. The molecule has 16 heteroatoms. The van der Waals surface area contributed by atoms with Gasteiger partial charge in [-0.05, 0) is 26.8 Å². The van der Waals surface area contributed by atoms with E-state index < -0.39 is 97.3 Å². The summed E-state index contributed by atoms with van der Waals surface area (Å²) in [6.07, 6.45) is 5.25. The number of nitrogens with two attached hydrogens (primary N) is 1. The second-order valence-corrected chi connectivity index (χ2v) is 13.1. The van der Waals surface area contributed by atoms with E-state index in [1.165, 1.54) is 12.2 Å². The van der Waals surface area contributed by atoms with E-state index in [4.69, 9.17) is 29.4 Å². The highest BCUT2D eigenvalue weighted by molar-refractivity contribution is 5.82. The molecule has 4 aliphatic rings. The quantitative estimate of drug-likeness (QED) is 0.114. The van der Waals surface area contributed by atoms with E-state index in [0.29, 0.717) is 19.5 Å². The fourth-order valence-corrected chi connectivity index (χ4v) is 6.07. The van der Waals surface area contributed by atoms with Gasteiger partial charge in [-0.15, -0.1) is 0 Å². The minimum absolute atomic E-state index is 0.0789.